The van der Waals surface area contributed by atoms with Crippen LogP contribution in [0.1, 0.15) is 75.2 Å². The van der Waals surface area contributed by atoms with Gasteiger partial charge in [0.25, 0.3) is 0 Å². The van der Waals surface area contributed by atoms with Crippen LogP contribution in [-0.4, -0.2) is 47.8 Å². The lowest BCUT2D eigenvalue weighted by Crippen LogP contribution is -2.47. The van der Waals surface area contributed by atoms with Crippen LogP contribution >= 0.6 is 0 Å². The van der Waals surface area contributed by atoms with Crippen LogP contribution < -0.4 is 0 Å². The lowest BCUT2D eigenvalue weighted by Gasteiger charge is -2.41. The molecule has 0 fully saturated rings. The quantitative estimate of drug-likeness (QED) is 0.159. The van der Waals surface area contributed by atoms with E-state index in [-0.39, 0.29) is 34.7 Å². The summed E-state index contributed by atoms with van der Waals surface area (Å²) in [6.45, 7) is 29.9. The molecule has 0 radical (unpaired) electrons. The molecular formula is C28H54O4Si2. The van der Waals surface area contributed by atoms with Gasteiger partial charge < -0.3 is 18.3 Å². The molecule has 0 aliphatic carbocycles. The summed E-state index contributed by atoms with van der Waals surface area (Å²) < 4.78 is 25.2. The highest BCUT2D eigenvalue weighted by atomic mass is 28.4. The van der Waals surface area contributed by atoms with Gasteiger partial charge in [0.2, 0.25) is 0 Å². The maximum Gasteiger partial charge on any atom is 0.192 e. The van der Waals surface area contributed by atoms with E-state index in [2.05, 4.69) is 99.0 Å². The summed E-state index contributed by atoms with van der Waals surface area (Å²) in [6, 6.07) is 0. The predicted molar refractivity (Wildman–Crippen MR) is 151 cm³/mol. The third-order valence-corrected chi connectivity index (χ3v) is 16.4. The topological polar surface area (TPSA) is 36.9 Å². The summed E-state index contributed by atoms with van der Waals surface area (Å²) in [6.07, 6.45) is 12.4. The number of hydrogen-bond donors (Lipinski definition) is 0. The zero-order valence-electron chi connectivity index (χ0n) is 24.5. The lowest BCUT2D eigenvalue weighted by molar-refractivity contribution is -0.154. The van der Waals surface area contributed by atoms with Gasteiger partial charge in [-0.3, -0.25) is 0 Å². The van der Waals surface area contributed by atoms with Crippen molar-refractivity contribution in [2.75, 3.05) is 6.61 Å². The van der Waals surface area contributed by atoms with E-state index in [9.17, 15) is 0 Å². The minimum Gasteiger partial charge on any atom is -0.414 e. The molecule has 1 heterocycles. The van der Waals surface area contributed by atoms with E-state index >= 15 is 0 Å². The molecule has 0 N–H and O–H groups in total. The van der Waals surface area contributed by atoms with E-state index in [0.717, 1.165) is 12.8 Å². The van der Waals surface area contributed by atoms with Gasteiger partial charge in [0, 0.05) is 0 Å². The molecule has 0 saturated heterocycles. The summed E-state index contributed by atoms with van der Waals surface area (Å²) in [7, 11) is -3.74. The van der Waals surface area contributed by atoms with Gasteiger partial charge in [-0.05, 0) is 76.0 Å². The lowest BCUT2D eigenvalue weighted by atomic mass is 10.1. The maximum absolute atomic E-state index is 6.82. The molecule has 0 aromatic heterocycles. The molecule has 0 saturated carbocycles. The van der Waals surface area contributed by atoms with Gasteiger partial charge in [-0.1, -0.05) is 71.4 Å². The summed E-state index contributed by atoms with van der Waals surface area (Å²) in [4.78, 5) is 0. The van der Waals surface area contributed by atoms with Gasteiger partial charge in [-0.2, -0.15) is 0 Å². The molecule has 0 aromatic rings. The Morgan fingerprint density at radius 2 is 1.62 bits per heavy atom. The summed E-state index contributed by atoms with van der Waals surface area (Å²) >= 11 is 0. The van der Waals surface area contributed by atoms with Crippen LogP contribution in [0.15, 0.2) is 36.0 Å². The van der Waals surface area contributed by atoms with E-state index in [0.29, 0.717) is 6.61 Å². The van der Waals surface area contributed by atoms with Crippen LogP contribution in [0.25, 0.3) is 0 Å². The average molecular weight is 511 g/mol. The summed E-state index contributed by atoms with van der Waals surface area (Å²) in [5, 5.41) is 0.357. The first-order valence-corrected chi connectivity index (χ1v) is 18.8. The van der Waals surface area contributed by atoms with Crippen molar-refractivity contribution in [1.29, 1.82) is 0 Å². The largest absolute Gasteiger partial charge is 0.414 e. The van der Waals surface area contributed by atoms with E-state index in [4.69, 9.17) is 18.3 Å². The maximum atomic E-state index is 6.82. The minimum absolute atomic E-state index is 0.0401. The Hall–Kier alpha value is -0.506. The van der Waals surface area contributed by atoms with Crippen molar-refractivity contribution in [3.63, 3.8) is 0 Å². The minimum atomic E-state index is -1.90. The van der Waals surface area contributed by atoms with Crippen LogP contribution in [0.3, 0.4) is 0 Å². The molecule has 4 nitrogen and oxygen atoms in total. The molecule has 1 aliphatic heterocycles. The molecular weight excluding hydrogens is 456 g/mol. The standard InChI is InChI=1S/C28H54O4Si2/c1-22(2)30-26-16-14-15-24(31-26)19-17-23(3)18-20-25(32-34(12,13)28(7,8)9)21-29-33(10,11)27(4,5)6/h14,16-19,22,24-26H,15,20-21H2,1-13H3/b19-17+,23-18+/t24-,25-,26-/m1/s1. The first-order chi connectivity index (χ1) is 15.3. The SMILES string of the molecule is CC(/C=C/[C@H]1CC=C[C@H](OC(C)C)O1)=C\C[C@H](CO[Si](C)(C)C(C)(C)C)O[Si](C)(C)C(C)(C)C. The summed E-state index contributed by atoms with van der Waals surface area (Å²) in [5.74, 6) is 0. The van der Waals surface area contributed by atoms with E-state index < -0.39 is 16.6 Å². The molecule has 3 atom stereocenters. The second-order valence-electron chi connectivity index (χ2n) is 13.0. The average Bonchev–Trinajstić information content (AvgIpc) is 2.66. The summed E-state index contributed by atoms with van der Waals surface area (Å²) in [5.41, 5.74) is 1.22. The van der Waals surface area contributed by atoms with Gasteiger partial charge in [-0.15, -0.1) is 0 Å². The van der Waals surface area contributed by atoms with Crippen LogP contribution in [-0.2, 0) is 18.3 Å². The van der Waals surface area contributed by atoms with Crippen molar-refractivity contribution in [2.24, 2.45) is 0 Å². The molecule has 0 spiro atoms. The van der Waals surface area contributed by atoms with Crippen LogP contribution in [0.2, 0.25) is 36.3 Å². The molecule has 1 aliphatic rings. The first kappa shape index (κ1) is 31.5. The van der Waals surface area contributed by atoms with Crippen LogP contribution in [0.5, 0.6) is 0 Å². The van der Waals surface area contributed by atoms with Crippen molar-refractivity contribution in [2.45, 2.75) is 136 Å². The molecule has 6 heteroatoms. The van der Waals surface area contributed by atoms with Gasteiger partial charge >= 0.3 is 0 Å². The second kappa shape index (κ2) is 12.6. The fraction of sp³-hybridized carbons (Fsp3) is 0.786. The molecule has 1 rings (SSSR count). The highest BCUT2D eigenvalue weighted by Crippen LogP contribution is 2.39. The number of rotatable bonds is 11. The molecule has 198 valence electrons. The van der Waals surface area contributed by atoms with E-state index in [1.807, 2.05) is 19.9 Å². The van der Waals surface area contributed by atoms with Gasteiger partial charge in [-0.25, -0.2) is 0 Å². The third-order valence-electron chi connectivity index (χ3n) is 7.36. The van der Waals surface area contributed by atoms with Crippen molar-refractivity contribution in [1.82, 2.24) is 0 Å². The van der Waals surface area contributed by atoms with Crippen LogP contribution in [0, 0.1) is 0 Å². The first-order valence-electron chi connectivity index (χ1n) is 13.0. The molecule has 0 bridgehead atoms. The molecule has 0 aromatic carbocycles. The van der Waals surface area contributed by atoms with E-state index in [1.54, 1.807) is 0 Å². The monoisotopic (exact) mass is 510 g/mol. The zero-order chi connectivity index (χ0) is 26.4. The Morgan fingerprint density at radius 3 is 2.15 bits per heavy atom. The molecule has 0 unspecified atom stereocenters. The smallest absolute Gasteiger partial charge is 0.192 e. The fourth-order valence-electron chi connectivity index (χ4n) is 2.97. The zero-order valence-corrected chi connectivity index (χ0v) is 26.5. The van der Waals surface area contributed by atoms with Crippen molar-refractivity contribution >= 4 is 16.6 Å². The number of allylic oxidation sites excluding steroid dienone is 2. The Morgan fingerprint density at radius 1 is 1.03 bits per heavy atom. The van der Waals surface area contributed by atoms with Gasteiger partial charge in [0.1, 0.15) is 0 Å². The van der Waals surface area contributed by atoms with E-state index in [1.165, 1.54) is 5.57 Å². The van der Waals surface area contributed by atoms with Gasteiger partial charge in [0.05, 0.1) is 24.9 Å². The normalized spacial score (nSPS) is 22.1. The number of ether oxygens (including phenoxy) is 2. The Kier molecular flexibility index (Phi) is 11.7. The molecule has 34 heavy (non-hydrogen) atoms. The van der Waals surface area contributed by atoms with Crippen LogP contribution in [0.4, 0.5) is 0 Å². The fourth-order valence-corrected chi connectivity index (χ4v) is 5.36. The van der Waals surface area contributed by atoms with Crippen molar-refractivity contribution in [3.05, 3.63) is 36.0 Å². The Labute approximate surface area is 213 Å². The van der Waals surface area contributed by atoms with Crippen molar-refractivity contribution < 1.29 is 18.3 Å². The third kappa shape index (κ3) is 10.6. The molecule has 0 amide bonds. The second-order valence-corrected chi connectivity index (χ2v) is 22.6. The number of hydrogen-bond acceptors (Lipinski definition) is 4. The van der Waals surface area contributed by atoms with Gasteiger partial charge in [0.15, 0.2) is 22.9 Å². The highest BCUT2D eigenvalue weighted by Gasteiger charge is 2.41. The Balaban J connectivity index is 2.86. The van der Waals surface area contributed by atoms with Crippen molar-refractivity contribution in [3.8, 4) is 0 Å². The predicted octanol–water partition coefficient (Wildman–Crippen LogP) is 8.39. The Bertz CT molecular complexity index is 709. The highest BCUT2D eigenvalue weighted by molar-refractivity contribution is 6.74.